The van der Waals surface area contributed by atoms with Gasteiger partial charge in [-0.25, -0.2) is 0 Å². The molecule has 1 saturated heterocycles. The molecule has 1 fully saturated rings. The van der Waals surface area contributed by atoms with E-state index in [2.05, 4.69) is 10.2 Å². The minimum Gasteiger partial charge on any atom is -0.309 e. The predicted molar refractivity (Wildman–Crippen MR) is 86.9 cm³/mol. The van der Waals surface area contributed by atoms with Crippen LogP contribution < -0.4 is 0 Å². The Morgan fingerprint density at radius 3 is 2.74 bits per heavy atom. The van der Waals surface area contributed by atoms with Crippen molar-refractivity contribution in [2.45, 2.75) is 24.4 Å². The molecule has 0 N–H and O–H groups in total. The zero-order valence-electron chi connectivity index (χ0n) is 12.9. The summed E-state index contributed by atoms with van der Waals surface area (Å²) in [4.78, 5) is 25.0. The third-order valence-corrected chi connectivity index (χ3v) is 4.83. The highest BCUT2D eigenvalue weighted by Crippen LogP contribution is 2.19. The van der Waals surface area contributed by atoms with Crippen molar-refractivity contribution in [2.75, 3.05) is 12.3 Å². The van der Waals surface area contributed by atoms with Crippen LogP contribution >= 0.6 is 11.8 Å². The summed E-state index contributed by atoms with van der Waals surface area (Å²) >= 11 is 1.32. The van der Waals surface area contributed by atoms with E-state index >= 15 is 0 Å². The van der Waals surface area contributed by atoms with E-state index in [9.17, 15) is 9.59 Å². The van der Waals surface area contributed by atoms with Crippen molar-refractivity contribution in [3.8, 4) is 0 Å². The van der Waals surface area contributed by atoms with Gasteiger partial charge in [0.1, 0.15) is 5.82 Å². The standard InChI is InChI=1S/C16H18N4O2S/c1-19-13(10-12-6-3-2-4-7-12)17-18-16(19)23-11-15(22)20-9-5-8-14(20)21/h2-4,6-7H,5,8-11H2,1H3. The lowest BCUT2D eigenvalue weighted by molar-refractivity contribution is -0.140. The Balaban J connectivity index is 1.61. The summed E-state index contributed by atoms with van der Waals surface area (Å²) in [7, 11) is 1.89. The monoisotopic (exact) mass is 330 g/mol. The molecule has 1 aliphatic rings. The largest absolute Gasteiger partial charge is 0.309 e. The van der Waals surface area contributed by atoms with Crippen LogP contribution in [0, 0.1) is 0 Å². The number of imide groups is 1. The molecule has 0 saturated carbocycles. The molecule has 1 aliphatic heterocycles. The first-order chi connectivity index (χ1) is 11.1. The Morgan fingerprint density at radius 2 is 2.04 bits per heavy atom. The fourth-order valence-electron chi connectivity index (χ4n) is 2.52. The number of hydrogen-bond acceptors (Lipinski definition) is 5. The van der Waals surface area contributed by atoms with Crippen molar-refractivity contribution in [2.24, 2.45) is 7.05 Å². The van der Waals surface area contributed by atoms with E-state index in [-0.39, 0.29) is 17.6 Å². The molecule has 1 aromatic carbocycles. The second-order valence-corrected chi connectivity index (χ2v) is 6.39. The molecule has 23 heavy (non-hydrogen) atoms. The van der Waals surface area contributed by atoms with Crippen molar-refractivity contribution >= 4 is 23.6 Å². The van der Waals surface area contributed by atoms with Gasteiger partial charge in [-0.05, 0) is 12.0 Å². The van der Waals surface area contributed by atoms with E-state index in [1.807, 2.05) is 41.9 Å². The summed E-state index contributed by atoms with van der Waals surface area (Å²) in [5.41, 5.74) is 1.17. The van der Waals surface area contributed by atoms with E-state index in [0.717, 1.165) is 12.2 Å². The first kappa shape index (κ1) is 15.7. The Morgan fingerprint density at radius 1 is 1.26 bits per heavy atom. The van der Waals surface area contributed by atoms with Gasteiger partial charge in [0.15, 0.2) is 5.16 Å². The fourth-order valence-corrected chi connectivity index (χ4v) is 3.33. The Hall–Kier alpha value is -2.15. The maximum atomic E-state index is 12.1. The number of benzene rings is 1. The number of nitrogens with zero attached hydrogens (tertiary/aromatic N) is 4. The maximum absolute atomic E-state index is 12.1. The number of carbonyl (C=O) groups is 2. The van der Waals surface area contributed by atoms with E-state index in [4.69, 9.17) is 0 Å². The van der Waals surface area contributed by atoms with Crippen LogP contribution in [0.1, 0.15) is 24.2 Å². The molecule has 2 aromatic rings. The van der Waals surface area contributed by atoms with Gasteiger partial charge in [-0.2, -0.15) is 0 Å². The summed E-state index contributed by atoms with van der Waals surface area (Å²) in [6, 6.07) is 10.1. The van der Waals surface area contributed by atoms with E-state index in [0.29, 0.717) is 24.5 Å². The molecule has 120 valence electrons. The van der Waals surface area contributed by atoms with Gasteiger partial charge in [-0.1, -0.05) is 42.1 Å². The molecule has 6 nitrogen and oxygen atoms in total. The topological polar surface area (TPSA) is 68.1 Å². The van der Waals surface area contributed by atoms with Crippen molar-refractivity contribution in [1.82, 2.24) is 19.7 Å². The van der Waals surface area contributed by atoms with Crippen molar-refractivity contribution in [1.29, 1.82) is 0 Å². The molecule has 2 heterocycles. The molecule has 0 spiro atoms. The number of likely N-dealkylation sites (tertiary alicyclic amines) is 1. The summed E-state index contributed by atoms with van der Waals surface area (Å²) in [5.74, 6) is 0.843. The number of carbonyl (C=O) groups excluding carboxylic acids is 2. The highest BCUT2D eigenvalue weighted by molar-refractivity contribution is 7.99. The zero-order chi connectivity index (χ0) is 16.2. The van der Waals surface area contributed by atoms with Gasteiger partial charge in [-0.15, -0.1) is 10.2 Å². The Bertz CT molecular complexity index is 714. The van der Waals surface area contributed by atoms with Crippen molar-refractivity contribution in [3.05, 3.63) is 41.7 Å². The lowest BCUT2D eigenvalue weighted by atomic mass is 10.1. The molecule has 7 heteroatoms. The van der Waals surface area contributed by atoms with Gasteiger partial charge in [0.05, 0.1) is 5.75 Å². The van der Waals surface area contributed by atoms with Gasteiger partial charge in [-0.3, -0.25) is 14.5 Å². The number of rotatable bonds is 5. The number of amides is 2. The smallest absolute Gasteiger partial charge is 0.239 e. The van der Waals surface area contributed by atoms with E-state index in [1.54, 1.807) is 0 Å². The quantitative estimate of drug-likeness (QED) is 0.780. The molecular formula is C16H18N4O2S. The molecule has 0 atom stereocenters. The van der Waals surface area contributed by atoms with Crippen LogP contribution in [0.4, 0.5) is 0 Å². The number of hydrogen-bond donors (Lipinski definition) is 0. The minimum absolute atomic E-state index is 0.0710. The average Bonchev–Trinajstić information content (AvgIpc) is 3.13. The normalized spacial score (nSPS) is 14.5. The van der Waals surface area contributed by atoms with Gasteiger partial charge >= 0.3 is 0 Å². The Kier molecular flexibility index (Phi) is 4.76. The van der Waals surface area contributed by atoms with Gasteiger partial charge in [0.2, 0.25) is 11.8 Å². The molecule has 3 rings (SSSR count). The molecule has 2 amide bonds. The molecule has 0 aliphatic carbocycles. The van der Waals surface area contributed by atoms with Crippen LogP contribution in [0.5, 0.6) is 0 Å². The third kappa shape index (κ3) is 3.61. The van der Waals surface area contributed by atoms with E-state index in [1.165, 1.54) is 22.2 Å². The van der Waals surface area contributed by atoms with Gasteiger partial charge in [0.25, 0.3) is 0 Å². The summed E-state index contributed by atoms with van der Waals surface area (Å²) < 4.78 is 1.90. The lowest BCUT2D eigenvalue weighted by Gasteiger charge is -2.12. The van der Waals surface area contributed by atoms with E-state index < -0.39 is 0 Å². The molecule has 0 unspecified atom stereocenters. The Labute approximate surface area is 138 Å². The summed E-state index contributed by atoms with van der Waals surface area (Å²) in [5, 5.41) is 9.04. The molecule has 0 bridgehead atoms. The van der Waals surface area contributed by atoms with Crippen LogP contribution in [0.15, 0.2) is 35.5 Å². The number of aromatic nitrogens is 3. The fraction of sp³-hybridized carbons (Fsp3) is 0.375. The lowest BCUT2D eigenvalue weighted by Crippen LogP contribution is -2.33. The van der Waals surface area contributed by atoms with Gasteiger partial charge in [0, 0.05) is 26.4 Å². The van der Waals surface area contributed by atoms with Crippen LogP contribution in [0.25, 0.3) is 0 Å². The zero-order valence-corrected chi connectivity index (χ0v) is 13.8. The highest BCUT2D eigenvalue weighted by Gasteiger charge is 2.26. The molecule has 1 aromatic heterocycles. The SMILES string of the molecule is Cn1c(Cc2ccccc2)nnc1SCC(=O)N1CCCC1=O. The predicted octanol–water partition coefficient (Wildman–Crippen LogP) is 1.65. The minimum atomic E-state index is -0.148. The second kappa shape index (κ2) is 6.95. The second-order valence-electron chi connectivity index (χ2n) is 5.45. The molecular weight excluding hydrogens is 312 g/mol. The maximum Gasteiger partial charge on any atom is 0.239 e. The third-order valence-electron chi connectivity index (χ3n) is 3.83. The average molecular weight is 330 g/mol. The first-order valence-electron chi connectivity index (χ1n) is 7.53. The highest BCUT2D eigenvalue weighted by atomic mass is 32.2. The van der Waals surface area contributed by atoms with Crippen molar-refractivity contribution in [3.63, 3.8) is 0 Å². The van der Waals surface area contributed by atoms with Gasteiger partial charge < -0.3 is 4.57 Å². The van der Waals surface area contributed by atoms with Crippen LogP contribution in [0.3, 0.4) is 0 Å². The first-order valence-corrected chi connectivity index (χ1v) is 8.52. The van der Waals surface area contributed by atoms with Crippen LogP contribution in [-0.4, -0.2) is 43.8 Å². The summed E-state index contributed by atoms with van der Waals surface area (Å²) in [6.07, 6.45) is 1.94. The van der Waals surface area contributed by atoms with Crippen LogP contribution in [-0.2, 0) is 23.1 Å². The van der Waals surface area contributed by atoms with Crippen molar-refractivity contribution < 1.29 is 9.59 Å². The number of thioether (sulfide) groups is 1. The van der Waals surface area contributed by atoms with Crippen LogP contribution in [0.2, 0.25) is 0 Å². The molecule has 0 radical (unpaired) electrons. The summed E-state index contributed by atoms with van der Waals surface area (Å²) in [6.45, 7) is 0.538.